The summed E-state index contributed by atoms with van der Waals surface area (Å²) in [4.78, 5) is 27.6. The number of amides is 1. The Morgan fingerprint density at radius 1 is 1.12 bits per heavy atom. The van der Waals surface area contributed by atoms with Crippen LogP contribution >= 0.6 is 23.2 Å². The van der Waals surface area contributed by atoms with E-state index in [0.717, 1.165) is 0 Å². The lowest BCUT2D eigenvalue weighted by Gasteiger charge is -2.07. The van der Waals surface area contributed by atoms with E-state index < -0.39 is 11.9 Å². The maximum absolute atomic E-state index is 12.5. The van der Waals surface area contributed by atoms with Crippen LogP contribution < -0.4 is 5.32 Å². The van der Waals surface area contributed by atoms with E-state index in [2.05, 4.69) is 10.3 Å². The highest BCUT2D eigenvalue weighted by Gasteiger charge is 2.23. The molecule has 1 amide bonds. The standard InChI is InChI=1S/C17H18Cl2N2O4/c1-9-14(17(23)25-5-4-24-3)10(2)20-15(9)16(22)21-13-7-11(18)6-12(19)8-13/h6-8,20H,4-5H2,1-3H3,(H,21,22). The van der Waals surface area contributed by atoms with Gasteiger partial charge in [-0.05, 0) is 37.6 Å². The number of hydrogen-bond acceptors (Lipinski definition) is 4. The van der Waals surface area contributed by atoms with Crippen LogP contribution in [0.15, 0.2) is 18.2 Å². The van der Waals surface area contributed by atoms with E-state index >= 15 is 0 Å². The molecule has 0 aliphatic heterocycles. The Balaban J connectivity index is 2.20. The van der Waals surface area contributed by atoms with Gasteiger partial charge in [0.2, 0.25) is 0 Å². The molecule has 0 spiro atoms. The zero-order valence-corrected chi connectivity index (χ0v) is 15.5. The number of ether oxygens (including phenoxy) is 2. The number of H-pyrrole nitrogens is 1. The van der Waals surface area contributed by atoms with Gasteiger partial charge in [0.25, 0.3) is 5.91 Å². The SMILES string of the molecule is COCCOC(=O)c1c(C)[nH]c(C(=O)Nc2cc(Cl)cc(Cl)c2)c1C. The first-order valence-corrected chi connectivity index (χ1v) is 8.21. The van der Waals surface area contributed by atoms with Crippen molar-refractivity contribution in [3.8, 4) is 0 Å². The Bertz CT molecular complexity index is 782. The third kappa shape index (κ3) is 4.75. The number of aromatic nitrogens is 1. The third-order valence-electron chi connectivity index (χ3n) is 3.51. The minimum Gasteiger partial charge on any atom is -0.460 e. The summed E-state index contributed by atoms with van der Waals surface area (Å²) in [5.41, 5.74) is 2.12. The van der Waals surface area contributed by atoms with Gasteiger partial charge in [-0.2, -0.15) is 0 Å². The molecule has 6 nitrogen and oxygen atoms in total. The van der Waals surface area contributed by atoms with Gasteiger partial charge < -0.3 is 19.8 Å². The van der Waals surface area contributed by atoms with E-state index in [1.165, 1.54) is 7.11 Å². The Morgan fingerprint density at radius 3 is 2.36 bits per heavy atom. The summed E-state index contributed by atoms with van der Waals surface area (Å²) >= 11 is 11.9. The highest BCUT2D eigenvalue weighted by molar-refractivity contribution is 6.35. The number of nitrogens with one attached hydrogen (secondary N) is 2. The van der Waals surface area contributed by atoms with Gasteiger partial charge in [-0.1, -0.05) is 23.2 Å². The minimum atomic E-state index is -0.506. The average molecular weight is 385 g/mol. The monoisotopic (exact) mass is 384 g/mol. The van der Waals surface area contributed by atoms with E-state index in [1.807, 2.05) is 0 Å². The summed E-state index contributed by atoms with van der Waals surface area (Å²) in [7, 11) is 1.52. The molecule has 1 aromatic carbocycles. The van der Waals surface area contributed by atoms with Crippen molar-refractivity contribution in [1.29, 1.82) is 0 Å². The van der Waals surface area contributed by atoms with Crippen LogP contribution in [0, 0.1) is 13.8 Å². The molecule has 8 heteroatoms. The molecular weight excluding hydrogens is 367 g/mol. The predicted octanol–water partition coefficient (Wildman–Crippen LogP) is 3.99. The van der Waals surface area contributed by atoms with Crippen molar-refractivity contribution in [1.82, 2.24) is 4.98 Å². The molecule has 2 rings (SSSR count). The van der Waals surface area contributed by atoms with Crippen LogP contribution in [-0.4, -0.2) is 37.2 Å². The molecule has 0 bridgehead atoms. The number of hydrogen-bond donors (Lipinski definition) is 2. The molecule has 0 radical (unpaired) electrons. The fourth-order valence-electron chi connectivity index (χ4n) is 2.39. The molecule has 0 aliphatic rings. The number of anilines is 1. The van der Waals surface area contributed by atoms with Gasteiger partial charge >= 0.3 is 5.97 Å². The number of aryl methyl sites for hydroxylation is 1. The maximum Gasteiger partial charge on any atom is 0.340 e. The molecule has 0 saturated carbocycles. The first-order chi connectivity index (χ1) is 11.8. The Labute approximate surface area is 155 Å². The lowest BCUT2D eigenvalue weighted by Crippen LogP contribution is -2.14. The van der Waals surface area contributed by atoms with Gasteiger partial charge in [0.05, 0.1) is 12.2 Å². The average Bonchev–Trinajstić information content (AvgIpc) is 2.81. The molecule has 0 fully saturated rings. The van der Waals surface area contributed by atoms with Crippen LogP contribution in [0.5, 0.6) is 0 Å². The second-order valence-corrected chi connectivity index (χ2v) is 6.24. The molecule has 25 heavy (non-hydrogen) atoms. The second kappa shape index (κ2) is 8.38. The fraction of sp³-hybridized carbons (Fsp3) is 0.294. The number of halogens is 2. The van der Waals surface area contributed by atoms with Crippen LogP contribution in [0.2, 0.25) is 10.0 Å². The zero-order chi connectivity index (χ0) is 18.6. The lowest BCUT2D eigenvalue weighted by atomic mass is 10.1. The molecule has 2 aromatic rings. The molecule has 1 heterocycles. The van der Waals surface area contributed by atoms with Gasteiger partial charge in [-0.3, -0.25) is 4.79 Å². The van der Waals surface area contributed by atoms with Crippen molar-refractivity contribution in [3.05, 3.63) is 50.8 Å². The van der Waals surface area contributed by atoms with E-state index in [-0.39, 0.29) is 12.3 Å². The number of carbonyl (C=O) groups excluding carboxylic acids is 2. The predicted molar refractivity (Wildman–Crippen MR) is 96.8 cm³/mol. The molecular formula is C17H18Cl2N2O4. The summed E-state index contributed by atoms with van der Waals surface area (Å²) in [5, 5.41) is 3.52. The van der Waals surface area contributed by atoms with E-state index in [4.69, 9.17) is 32.7 Å². The number of aromatic amines is 1. The normalized spacial score (nSPS) is 10.6. The summed E-state index contributed by atoms with van der Waals surface area (Å²) in [6.45, 7) is 3.82. The highest BCUT2D eigenvalue weighted by Crippen LogP contribution is 2.24. The van der Waals surface area contributed by atoms with Crippen LogP contribution in [0.25, 0.3) is 0 Å². The van der Waals surface area contributed by atoms with Gasteiger partial charge in [0.1, 0.15) is 12.3 Å². The van der Waals surface area contributed by atoms with Crippen LogP contribution in [0.3, 0.4) is 0 Å². The zero-order valence-electron chi connectivity index (χ0n) is 14.0. The number of carbonyl (C=O) groups is 2. The van der Waals surface area contributed by atoms with Crippen molar-refractivity contribution in [3.63, 3.8) is 0 Å². The maximum atomic E-state index is 12.5. The van der Waals surface area contributed by atoms with Crippen LogP contribution in [0.4, 0.5) is 5.69 Å². The lowest BCUT2D eigenvalue weighted by molar-refractivity contribution is 0.0387. The van der Waals surface area contributed by atoms with Crippen LogP contribution in [-0.2, 0) is 9.47 Å². The largest absolute Gasteiger partial charge is 0.460 e. The topological polar surface area (TPSA) is 80.4 Å². The first-order valence-electron chi connectivity index (χ1n) is 7.46. The third-order valence-corrected chi connectivity index (χ3v) is 3.95. The Morgan fingerprint density at radius 2 is 1.76 bits per heavy atom. The summed E-state index contributed by atoms with van der Waals surface area (Å²) in [6.07, 6.45) is 0. The quantitative estimate of drug-likeness (QED) is 0.582. The first kappa shape index (κ1) is 19.3. The number of methoxy groups -OCH3 is 1. The number of benzene rings is 1. The van der Waals surface area contributed by atoms with E-state index in [9.17, 15) is 9.59 Å². The minimum absolute atomic E-state index is 0.141. The molecule has 0 saturated heterocycles. The van der Waals surface area contributed by atoms with E-state index in [0.29, 0.717) is 39.2 Å². The van der Waals surface area contributed by atoms with Gasteiger partial charge in [0, 0.05) is 28.5 Å². The van der Waals surface area contributed by atoms with Gasteiger partial charge in [-0.15, -0.1) is 0 Å². The second-order valence-electron chi connectivity index (χ2n) is 5.37. The van der Waals surface area contributed by atoms with Crippen molar-refractivity contribution >= 4 is 40.8 Å². The van der Waals surface area contributed by atoms with E-state index in [1.54, 1.807) is 32.0 Å². The fourth-order valence-corrected chi connectivity index (χ4v) is 2.92. The summed E-state index contributed by atoms with van der Waals surface area (Å²) in [5.74, 6) is -0.914. The number of esters is 1. The van der Waals surface area contributed by atoms with Crippen molar-refractivity contribution in [2.45, 2.75) is 13.8 Å². The Hall–Kier alpha value is -2.02. The van der Waals surface area contributed by atoms with Crippen molar-refractivity contribution in [2.24, 2.45) is 0 Å². The van der Waals surface area contributed by atoms with Crippen molar-refractivity contribution in [2.75, 3.05) is 25.6 Å². The van der Waals surface area contributed by atoms with Crippen molar-refractivity contribution < 1.29 is 19.1 Å². The molecule has 0 aliphatic carbocycles. The molecule has 1 aromatic heterocycles. The summed E-state index contributed by atoms with van der Waals surface area (Å²) < 4.78 is 9.97. The van der Waals surface area contributed by atoms with Gasteiger partial charge in [0.15, 0.2) is 0 Å². The van der Waals surface area contributed by atoms with Gasteiger partial charge in [-0.25, -0.2) is 4.79 Å². The summed E-state index contributed by atoms with van der Waals surface area (Å²) in [6, 6.07) is 4.73. The molecule has 134 valence electrons. The Kier molecular flexibility index (Phi) is 6.47. The van der Waals surface area contributed by atoms with Crippen LogP contribution in [0.1, 0.15) is 32.1 Å². The smallest absolute Gasteiger partial charge is 0.340 e. The molecule has 0 unspecified atom stereocenters. The highest BCUT2D eigenvalue weighted by atomic mass is 35.5. The molecule has 2 N–H and O–H groups in total. The number of rotatable bonds is 6. The molecule has 0 atom stereocenters.